The van der Waals surface area contributed by atoms with E-state index in [4.69, 9.17) is 4.74 Å². The number of hydrogen-bond acceptors (Lipinski definition) is 5. The number of aliphatic hydroxyl groups excluding tert-OH is 2. The highest BCUT2D eigenvalue weighted by Crippen LogP contribution is 2.16. The Labute approximate surface area is 398 Å². The summed E-state index contributed by atoms with van der Waals surface area (Å²) in [5.74, 6) is -0.0632. The Hall–Kier alpha value is -1.92. The SMILES string of the molecule is CCCCCCCC/C=C\CCCCCCCCCC(=O)OCCCCC/C=C\C=C/CCCCCCCCCCCCC(=O)NC(CO)C(O)CCCCCCCCCCCCC. The third-order valence-electron chi connectivity index (χ3n) is 12.9. The molecular formula is C58H109NO5. The molecule has 0 rings (SSSR count). The van der Waals surface area contributed by atoms with E-state index < -0.39 is 12.1 Å². The van der Waals surface area contributed by atoms with E-state index in [1.165, 1.54) is 193 Å². The van der Waals surface area contributed by atoms with Crippen molar-refractivity contribution in [1.29, 1.82) is 0 Å². The number of aliphatic hydroxyl groups is 2. The molecule has 0 saturated heterocycles. The van der Waals surface area contributed by atoms with E-state index in [9.17, 15) is 19.8 Å². The monoisotopic (exact) mass is 900 g/mol. The summed E-state index contributed by atoms with van der Waals surface area (Å²) in [7, 11) is 0. The predicted molar refractivity (Wildman–Crippen MR) is 278 cm³/mol. The zero-order valence-corrected chi connectivity index (χ0v) is 42.8. The molecule has 0 radical (unpaired) electrons. The normalized spacial score (nSPS) is 12.9. The van der Waals surface area contributed by atoms with Gasteiger partial charge >= 0.3 is 5.97 Å². The quantitative estimate of drug-likeness (QED) is 0.0245. The van der Waals surface area contributed by atoms with E-state index in [2.05, 4.69) is 55.6 Å². The largest absolute Gasteiger partial charge is 0.466 e. The summed E-state index contributed by atoms with van der Waals surface area (Å²) in [5, 5.41) is 23.2. The molecule has 0 aromatic rings. The van der Waals surface area contributed by atoms with Crippen LogP contribution in [0.2, 0.25) is 0 Å². The number of carbonyl (C=O) groups is 2. The van der Waals surface area contributed by atoms with Crippen LogP contribution in [-0.4, -0.2) is 47.4 Å². The van der Waals surface area contributed by atoms with Crippen molar-refractivity contribution < 1.29 is 24.5 Å². The van der Waals surface area contributed by atoms with Crippen molar-refractivity contribution in [2.24, 2.45) is 0 Å². The summed E-state index contributed by atoms with van der Waals surface area (Å²) in [5.41, 5.74) is 0. The minimum absolute atomic E-state index is 0.0170. The van der Waals surface area contributed by atoms with Crippen LogP contribution in [0.3, 0.4) is 0 Å². The number of allylic oxidation sites excluding steroid dienone is 6. The average Bonchev–Trinajstić information content (AvgIpc) is 3.29. The van der Waals surface area contributed by atoms with Gasteiger partial charge in [0.25, 0.3) is 0 Å². The summed E-state index contributed by atoms with van der Waals surface area (Å²) in [6.45, 7) is 4.90. The Morgan fingerprint density at radius 2 is 0.781 bits per heavy atom. The molecule has 3 N–H and O–H groups in total. The van der Waals surface area contributed by atoms with E-state index in [0.717, 1.165) is 70.6 Å². The summed E-state index contributed by atoms with van der Waals surface area (Å²) in [6, 6.07) is -0.548. The fourth-order valence-electron chi connectivity index (χ4n) is 8.57. The van der Waals surface area contributed by atoms with Gasteiger partial charge in [0.05, 0.1) is 25.4 Å². The molecule has 0 heterocycles. The zero-order chi connectivity index (χ0) is 46.5. The fourth-order valence-corrected chi connectivity index (χ4v) is 8.57. The number of rotatable bonds is 52. The minimum Gasteiger partial charge on any atom is -0.466 e. The van der Waals surface area contributed by atoms with Gasteiger partial charge in [0.1, 0.15) is 0 Å². The van der Waals surface area contributed by atoms with Crippen LogP contribution in [0.15, 0.2) is 36.5 Å². The number of unbranched alkanes of at least 4 members (excludes halogenated alkanes) is 36. The van der Waals surface area contributed by atoms with E-state index in [-0.39, 0.29) is 18.5 Å². The molecule has 0 bridgehead atoms. The third kappa shape index (κ3) is 49.5. The number of nitrogens with one attached hydrogen (secondary N) is 1. The molecule has 0 aliphatic rings. The second-order valence-electron chi connectivity index (χ2n) is 19.3. The molecule has 0 aromatic heterocycles. The first kappa shape index (κ1) is 62.1. The van der Waals surface area contributed by atoms with Gasteiger partial charge in [-0.2, -0.15) is 0 Å². The van der Waals surface area contributed by atoms with Crippen LogP contribution >= 0.6 is 0 Å². The molecule has 2 unspecified atom stereocenters. The first-order chi connectivity index (χ1) is 31.5. The summed E-state index contributed by atoms with van der Waals surface area (Å²) in [4.78, 5) is 24.5. The van der Waals surface area contributed by atoms with Crippen molar-refractivity contribution in [2.45, 2.75) is 309 Å². The Morgan fingerprint density at radius 1 is 0.438 bits per heavy atom. The first-order valence-electron chi connectivity index (χ1n) is 28.3. The van der Waals surface area contributed by atoms with Crippen LogP contribution in [0.1, 0.15) is 296 Å². The van der Waals surface area contributed by atoms with Gasteiger partial charge in [0.2, 0.25) is 5.91 Å². The molecule has 376 valence electrons. The predicted octanol–water partition coefficient (Wildman–Crippen LogP) is 17.2. The highest BCUT2D eigenvalue weighted by Gasteiger charge is 2.20. The van der Waals surface area contributed by atoms with Crippen LogP contribution in [0.5, 0.6) is 0 Å². The maximum atomic E-state index is 12.4. The maximum Gasteiger partial charge on any atom is 0.305 e. The molecular weight excluding hydrogens is 791 g/mol. The molecule has 0 aliphatic heterocycles. The molecule has 1 amide bonds. The highest BCUT2D eigenvalue weighted by atomic mass is 16.5. The molecule has 0 aliphatic carbocycles. The van der Waals surface area contributed by atoms with Crippen molar-refractivity contribution >= 4 is 11.9 Å². The lowest BCUT2D eigenvalue weighted by atomic mass is 10.0. The van der Waals surface area contributed by atoms with Crippen LogP contribution in [0.4, 0.5) is 0 Å². The van der Waals surface area contributed by atoms with Gasteiger partial charge in [-0.25, -0.2) is 0 Å². The molecule has 0 aromatic carbocycles. The van der Waals surface area contributed by atoms with Gasteiger partial charge < -0.3 is 20.3 Å². The van der Waals surface area contributed by atoms with E-state index in [1.54, 1.807) is 0 Å². The smallest absolute Gasteiger partial charge is 0.305 e. The molecule has 0 saturated carbocycles. The standard InChI is InChI=1S/C58H109NO5/c1-3-5-7-9-11-13-15-16-17-21-25-28-32-36-40-44-48-52-58(63)64-53-49-45-41-37-33-29-26-23-20-18-19-22-24-27-31-35-39-43-47-51-57(62)59-55(54-60)56(61)50-46-42-38-34-30-14-12-10-8-6-4-2/h16-17,23,26,29,33,55-56,60-61H,3-15,18-22,24-25,27-28,30-32,34-54H2,1-2H3,(H,59,62)/b17-16-,26-23-,33-29-. The lowest BCUT2D eigenvalue weighted by Crippen LogP contribution is -2.45. The fraction of sp³-hybridized carbons (Fsp3) is 0.862. The van der Waals surface area contributed by atoms with Crippen molar-refractivity contribution in [1.82, 2.24) is 5.32 Å². The second-order valence-corrected chi connectivity index (χ2v) is 19.3. The molecule has 64 heavy (non-hydrogen) atoms. The van der Waals surface area contributed by atoms with Gasteiger partial charge in [-0.05, 0) is 83.5 Å². The van der Waals surface area contributed by atoms with Crippen molar-refractivity contribution in [3.63, 3.8) is 0 Å². The Bertz CT molecular complexity index is 1040. The lowest BCUT2D eigenvalue weighted by molar-refractivity contribution is -0.143. The molecule has 2 atom stereocenters. The van der Waals surface area contributed by atoms with Crippen LogP contribution in [-0.2, 0) is 14.3 Å². The first-order valence-corrected chi connectivity index (χ1v) is 28.3. The summed E-state index contributed by atoms with van der Waals surface area (Å²) >= 11 is 0. The average molecular weight is 901 g/mol. The minimum atomic E-state index is -0.670. The number of amides is 1. The topological polar surface area (TPSA) is 95.9 Å². The van der Waals surface area contributed by atoms with Crippen LogP contribution < -0.4 is 5.32 Å². The molecule has 6 nitrogen and oxygen atoms in total. The zero-order valence-electron chi connectivity index (χ0n) is 42.8. The Morgan fingerprint density at radius 3 is 1.20 bits per heavy atom. The van der Waals surface area contributed by atoms with Gasteiger partial charge in [0.15, 0.2) is 0 Å². The number of esters is 1. The summed E-state index contributed by atoms with van der Waals surface area (Å²) < 4.78 is 5.46. The van der Waals surface area contributed by atoms with Crippen molar-refractivity contribution in [3.05, 3.63) is 36.5 Å². The number of ether oxygens (including phenoxy) is 1. The second kappa shape index (κ2) is 53.7. The van der Waals surface area contributed by atoms with E-state index >= 15 is 0 Å². The van der Waals surface area contributed by atoms with Gasteiger partial charge in [-0.15, -0.1) is 0 Å². The van der Waals surface area contributed by atoms with Gasteiger partial charge in [-0.3, -0.25) is 9.59 Å². The van der Waals surface area contributed by atoms with Crippen LogP contribution in [0.25, 0.3) is 0 Å². The lowest BCUT2D eigenvalue weighted by Gasteiger charge is -2.22. The van der Waals surface area contributed by atoms with Gasteiger partial charge in [0, 0.05) is 12.8 Å². The van der Waals surface area contributed by atoms with E-state index in [0.29, 0.717) is 25.9 Å². The van der Waals surface area contributed by atoms with Crippen LogP contribution in [0, 0.1) is 0 Å². The van der Waals surface area contributed by atoms with Gasteiger partial charge in [-0.1, -0.05) is 237 Å². The van der Waals surface area contributed by atoms with E-state index in [1.807, 2.05) is 0 Å². The Balaban J connectivity index is 3.46. The summed E-state index contributed by atoms with van der Waals surface area (Å²) in [6.07, 6.45) is 65.6. The number of carbonyl (C=O) groups excluding carboxylic acids is 2. The highest BCUT2D eigenvalue weighted by molar-refractivity contribution is 5.76. The van der Waals surface area contributed by atoms with Crippen molar-refractivity contribution in [2.75, 3.05) is 13.2 Å². The molecule has 0 spiro atoms. The molecule has 6 heteroatoms. The molecule has 0 fully saturated rings. The number of hydrogen-bond donors (Lipinski definition) is 3. The Kier molecular flexibility index (Phi) is 52.1. The third-order valence-corrected chi connectivity index (χ3v) is 12.9. The van der Waals surface area contributed by atoms with Crippen molar-refractivity contribution in [3.8, 4) is 0 Å². The maximum absolute atomic E-state index is 12.4.